The Hall–Kier alpha value is -1.80. The van der Waals surface area contributed by atoms with E-state index in [1.165, 1.54) is 32.1 Å². The minimum absolute atomic E-state index is 0.0811. The van der Waals surface area contributed by atoms with Crippen molar-refractivity contribution in [1.29, 1.82) is 0 Å². The van der Waals surface area contributed by atoms with Gasteiger partial charge in [-0.05, 0) is 57.8 Å². The number of nitrogens with zero attached hydrogens (tertiary/aromatic N) is 1. The van der Waals surface area contributed by atoms with Crippen molar-refractivity contribution in [2.45, 2.75) is 142 Å². The topological polar surface area (TPSA) is 91.3 Å². The Bertz CT molecular complexity index is 984. The summed E-state index contributed by atoms with van der Waals surface area (Å²) in [6.45, 7) is 5.39. The summed E-state index contributed by atoms with van der Waals surface area (Å²) in [5.74, 6) is -0.332. The third-order valence-corrected chi connectivity index (χ3v) is 8.83. The Morgan fingerprint density at radius 3 is 1.74 bits per heavy atom. The number of phosphoric acid groups is 1. The molecule has 0 aliphatic heterocycles. The second-order valence-electron chi connectivity index (χ2n) is 13.9. The first kappa shape index (κ1) is 48.2. The van der Waals surface area contributed by atoms with E-state index in [1.807, 2.05) is 21.1 Å². The number of allylic oxidation sites excluding steroid dienone is 10. The first-order chi connectivity index (χ1) is 24.1. The summed E-state index contributed by atoms with van der Waals surface area (Å²) >= 11 is 0. The lowest BCUT2D eigenvalue weighted by Crippen LogP contribution is -2.37. The normalized spacial score (nSPS) is 14.6. The van der Waals surface area contributed by atoms with Gasteiger partial charge in [0.25, 0.3) is 0 Å². The highest BCUT2D eigenvalue weighted by Gasteiger charge is 2.26. The van der Waals surface area contributed by atoms with Gasteiger partial charge in [-0.3, -0.25) is 13.8 Å². The van der Waals surface area contributed by atoms with Gasteiger partial charge in [-0.15, -0.1) is 0 Å². The van der Waals surface area contributed by atoms with Crippen LogP contribution in [0.2, 0.25) is 0 Å². The molecule has 290 valence electrons. The van der Waals surface area contributed by atoms with Gasteiger partial charge in [-0.1, -0.05) is 132 Å². The molecule has 0 aliphatic carbocycles. The summed E-state index contributed by atoms with van der Waals surface area (Å²) in [4.78, 5) is 22.7. The molecule has 0 rings (SSSR count). The molecule has 0 bridgehead atoms. The number of quaternary nitrogens is 1. The molecule has 0 aromatic carbocycles. The highest BCUT2D eigenvalue weighted by molar-refractivity contribution is 7.47. The summed E-state index contributed by atoms with van der Waals surface area (Å²) < 4.78 is 34.7. The van der Waals surface area contributed by atoms with Crippen LogP contribution in [0.25, 0.3) is 0 Å². The molecule has 0 aliphatic rings. The molecule has 0 aromatic rings. The van der Waals surface area contributed by atoms with Crippen LogP contribution in [0.5, 0.6) is 0 Å². The molecule has 8 nitrogen and oxygen atoms in total. The highest BCUT2D eigenvalue weighted by atomic mass is 31.2. The second-order valence-corrected chi connectivity index (χ2v) is 15.4. The van der Waals surface area contributed by atoms with Crippen LogP contribution in [0.1, 0.15) is 136 Å². The van der Waals surface area contributed by atoms with Gasteiger partial charge in [-0.2, -0.15) is 0 Å². The number of likely N-dealkylation sites (N-methyl/N-ethyl adjacent to an activating group) is 1. The number of carbonyl (C=O) groups is 1. The zero-order valence-corrected chi connectivity index (χ0v) is 33.5. The fourth-order valence-corrected chi connectivity index (χ4v) is 5.55. The molecule has 9 heteroatoms. The van der Waals surface area contributed by atoms with Gasteiger partial charge in [0.05, 0.1) is 34.4 Å². The fourth-order valence-electron chi connectivity index (χ4n) is 4.81. The first-order valence-corrected chi connectivity index (χ1v) is 21.0. The Labute approximate surface area is 307 Å². The summed E-state index contributed by atoms with van der Waals surface area (Å²) in [7, 11) is 1.64. The Morgan fingerprint density at radius 1 is 0.640 bits per heavy atom. The van der Waals surface area contributed by atoms with Crippen molar-refractivity contribution < 1.29 is 37.3 Å². The van der Waals surface area contributed by atoms with Gasteiger partial charge < -0.3 is 18.9 Å². The van der Waals surface area contributed by atoms with Crippen LogP contribution in [0.15, 0.2) is 60.8 Å². The SMILES string of the molecule is CC/C=C\C/C=C\C/C=C\C/C=C\C/C=C\CCCCCCOCC(COP(=O)(O)OCC[N+](C)(C)C)OC(=O)CCCCCCCCCC. The van der Waals surface area contributed by atoms with Crippen molar-refractivity contribution >= 4 is 13.8 Å². The van der Waals surface area contributed by atoms with Crippen molar-refractivity contribution in [2.24, 2.45) is 0 Å². The lowest BCUT2D eigenvalue weighted by atomic mass is 10.1. The maximum absolute atomic E-state index is 12.5. The van der Waals surface area contributed by atoms with Gasteiger partial charge in [0, 0.05) is 13.0 Å². The standard InChI is InChI=1S/C41H74NO7P/c1-6-8-10-12-14-16-17-18-19-20-21-22-23-24-25-26-27-29-31-33-36-46-38-40(39-48-50(44,45)47-37-35-42(3,4)5)49-41(43)34-32-30-28-15-13-11-9-7-2/h8,10,14,16,18-19,21-22,24-25,40H,6-7,9,11-13,15,17,20,23,26-39H2,1-5H3/p+1/b10-8-,16-14-,19-18-,22-21-,25-24-. The molecule has 0 spiro atoms. The van der Waals surface area contributed by atoms with Crippen molar-refractivity contribution in [3.8, 4) is 0 Å². The van der Waals surface area contributed by atoms with E-state index in [2.05, 4.69) is 74.6 Å². The molecule has 1 N–H and O–H groups in total. The van der Waals surface area contributed by atoms with E-state index in [9.17, 15) is 14.3 Å². The smallest absolute Gasteiger partial charge is 0.457 e. The minimum atomic E-state index is -4.27. The molecule has 2 atom stereocenters. The van der Waals surface area contributed by atoms with Gasteiger partial charge in [0.2, 0.25) is 0 Å². The molecule has 50 heavy (non-hydrogen) atoms. The van der Waals surface area contributed by atoms with Crippen LogP contribution in [0.3, 0.4) is 0 Å². The lowest BCUT2D eigenvalue weighted by molar-refractivity contribution is -0.870. The maximum atomic E-state index is 12.5. The number of phosphoric ester groups is 1. The van der Waals surface area contributed by atoms with Crippen LogP contribution in [0, 0.1) is 0 Å². The van der Waals surface area contributed by atoms with Crippen LogP contribution in [-0.2, 0) is 27.9 Å². The fraction of sp³-hybridized carbons (Fsp3) is 0.732. The molecule has 0 radical (unpaired) electrons. The molecular weight excluding hydrogens is 649 g/mol. The molecular formula is C41H75NO7P+. The number of esters is 1. The summed E-state index contributed by atoms with van der Waals surface area (Å²) in [6.07, 6.45) is 41.2. The third-order valence-electron chi connectivity index (χ3n) is 7.84. The van der Waals surface area contributed by atoms with E-state index in [0.717, 1.165) is 83.5 Å². The quantitative estimate of drug-likeness (QED) is 0.0229. The number of carbonyl (C=O) groups excluding carboxylic acids is 1. The number of hydrogen-bond acceptors (Lipinski definition) is 6. The van der Waals surface area contributed by atoms with Crippen LogP contribution in [-0.4, -0.2) is 75.6 Å². The minimum Gasteiger partial charge on any atom is -0.457 e. The molecule has 0 heterocycles. The summed E-state index contributed by atoms with van der Waals surface area (Å²) in [5, 5.41) is 0. The van der Waals surface area contributed by atoms with Crippen molar-refractivity contribution in [2.75, 3.05) is 54.1 Å². The Balaban J connectivity index is 4.27. The third kappa shape index (κ3) is 37.5. The number of unbranched alkanes of at least 4 members (excludes halogenated alkanes) is 11. The van der Waals surface area contributed by atoms with Gasteiger partial charge in [0.15, 0.2) is 0 Å². The summed E-state index contributed by atoms with van der Waals surface area (Å²) in [5.41, 5.74) is 0. The Morgan fingerprint density at radius 2 is 1.16 bits per heavy atom. The van der Waals surface area contributed by atoms with Crippen LogP contribution in [0.4, 0.5) is 0 Å². The molecule has 2 unspecified atom stereocenters. The van der Waals surface area contributed by atoms with E-state index in [1.54, 1.807) is 0 Å². The highest BCUT2D eigenvalue weighted by Crippen LogP contribution is 2.43. The number of ether oxygens (including phenoxy) is 2. The maximum Gasteiger partial charge on any atom is 0.472 e. The van der Waals surface area contributed by atoms with Crippen molar-refractivity contribution in [3.63, 3.8) is 0 Å². The molecule has 0 amide bonds. The zero-order chi connectivity index (χ0) is 37.0. The summed E-state index contributed by atoms with van der Waals surface area (Å²) in [6, 6.07) is 0. The average Bonchev–Trinajstić information content (AvgIpc) is 3.06. The van der Waals surface area contributed by atoms with Crippen molar-refractivity contribution in [1.82, 2.24) is 0 Å². The molecule has 0 fully saturated rings. The largest absolute Gasteiger partial charge is 0.472 e. The van der Waals surface area contributed by atoms with Crippen molar-refractivity contribution in [3.05, 3.63) is 60.8 Å². The first-order valence-electron chi connectivity index (χ1n) is 19.5. The second kappa shape index (κ2) is 34.3. The zero-order valence-electron chi connectivity index (χ0n) is 32.6. The lowest BCUT2D eigenvalue weighted by Gasteiger charge is -2.24. The molecule has 0 aromatic heterocycles. The van der Waals surface area contributed by atoms with E-state index >= 15 is 0 Å². The van der Waals surface area contributed by atoms with Gasteiger partial charge in [0.1, 0.15) is 19.3 Å². The number of rotatable bonds is 35. The predicted molar refractivity (Wildman–Crippen MR) is 210 cm³/mol. The van der Waals surface area contributed by atoms with Crippen LogP contribution < -0.4 is 0 Å². The Kier molecular flexibility index (Phi) is 33.1. The van der Waals surface area contributed by atoms with E-state index in [-0.39, 0.29) is 25.8 Å². The van der Waals surface area contributed by atoms with Gasteiger partial charge in [-0.25, -0.2) is 4.57 Å². The van der Waals surface area contributed by atoms with E-state index in [4.69, 9.17) is 18.5 Å². The monoisotopic (exact) mass is 725 g/mol. The molecule has 0 saturated heterocycles. The van der Waals surface area contributed by atoms with Gasteiger partial charge >= 0.3 is 13.8 Å². The molecule has 0 saturated carbocycles. The number of hydrogen-bond donors (Lipinski definition) is 1. The van der Waals surface area contributed by atoms with Crippen LogP contribution >= 0.6 is 7.82 Å². The van der Waals surface area contributed by atoms with E-state index in [0.29, 0.717) is 24.1 Å². The average molecular weight is 725 g/mol. The predicted octanol–water partition coefficient (Wildman–Crippen LogP) is 11.0. The van der Waals surface area contributed by atoms with E-state index < -0.39 is 13.9 Å².